The SMILES string of the molecule is C[N+](C)(C)CC(OP(=O)([O-])OC[C@H](O)CO)C(=O)CCCCCCCCCCCCCCCF. The van der Waals surface area contributed by atoms with Gasteiger partial charge in [0.15, 0.2) is 11.9 Å². The van der Waals surface area contributed by atoms with Crippen molar-refractivity contribution < 1.29 is 42.4 Å². The topological polar surface area (TPSA) is 116 Å². The number of carbonyl (C=O) groups is 1. The molecule has 2 N–H and O–H groups in total. The number of unbranched alkanes of at least 4 members (excludes halogenated alkanes) is 12. The predicted octanol–water partition coefficient (Wildman–Crippen LogP) is 3.92. The second-order valence-electron chi connectivity index (χ2n) is 10.1. The summed E-state index contributed by atoms with van der Waals surface area (Å²) in [6, 6.07) is 0. The quantitative estimate of drug-likeness (QED) is 0.114. The molecule has 0 aromatic heterocycles. The second kappa shape index (κ2) is 19.7. The standard InChI is InChI=1S/C24H49FNO7P/c1-26(2,3)19-24(33-34(30,31)32-21-22(28)20-27)23(29)17-15-13-11-9-7-5-4-6-8-10-12-14-16-18-25/h22,24,27-28H,4-21H2,1-3H3/t22-,24?/m1/s1. The maximum absolute atomic E-state index is 12.7. The lowest BCUT2D eigenvalue weighted by Crippen LogP contribution is -2.45. The summed E-state index contributed by atoms with van der Waals surface area (Å²) in [5.41, 5.74) is 0. The molecule has 0 fully saturated rings. The first-order chi connectivity index (χ1) is 16.0. The van der Waals surface area contributed by atoms with Gasteiger partial charge in [0.05, 0.1) is 41.0 Å². The normalized spacial score (nSPS) is 15.7. The number of aliphatic hydroxyl groups excluding tert-OH is 2. The van der Waals surface area contributed by atoms with Gasteiger partial charge in [0.1, 0.15) is 12.6 Å². The van der Waals surface area contributed by atoms with E-state index in [4.69, 9.17) is 9.63 Å². The molecule has 0 rings (SSSR count). The second-order valence-corrected chi connectivity index (χ2v) is 11.5. The van der Waals surface area contributed by atoms with Gasteiger partial charge in [-0.25, -0.2) is 0 Å². The van der Waals surface area contributed by atoms with E-state index in [0.717, 1.165) is 32.1 Å². The molecule has 0 aliphatic rings. The molecule has 0 saturated carbocycles. The lowest BCUT2D eigenvalue weighted by molar-refractivity contribution is -0.872. The number of phosphoric ester groups is 1. The molecule has 0 aliphatic carbocycles. The smallest absolute Gasteiger partial charge is 0.268 e. The van der Waals surface area contributed by atoms with Crippen LogP contribution in [0.25, 0.3) is 0 Å². The van der Waals surface area contributed by atoms with Crippen LogP contribution in [-0.2, 0) is 18.4 Å². The maximum Gasteiger partial charge on any atom is 0.268 e. The molecule has 34 heavy (non-hydrogen) atoms. The van der Waals surface area contributed by atoms with Gasteiger partial charge >= 0.3 is 0 Å². The zero-order valence-corrected chi connectivity index (χ0v) is 22.5. The molecule has 0 aromatic rings. The van der Waals surface area contributed by atoms with Crippen LogP contribution in [0, 0.1) is 0 Å². The van der Waals surface area contributed by atoms with Gasteiger partial charge in [-0.3, -0.25) is 13.8 Å². The number of aliphatic hydroxyl groups is 2. The van der Waals surface area contributed by atoms with E-state index >= 15 is 0 Å². The number of likely N-dealkylation sites (N-methyl/N-ethyl adjacent to an activating group) is 1. The summed E-state index contributed by atoms with van der Waals surface area (Å²) in [4.78, 5) is 24.7. The molecule has 0 aromatic carbocycles. The van der Waals surface area contributed by atoms with Crippen LogP contribution >= 0.6 is 7.82 Å². The van der Waals surface area contributed by atoms with Gasteiger partial charge < -0.3 is 28.6 Å². The van der Waals surface area contributed by atoms with Crippen LogP contribution in [0.1, 0.15) is 89.9 Å². The van der Waals surface area contributed by atoms with Gasteiger partial charge in [-0.05, 0) is 12.8 Å². The number of Topliss-reactive ketones (excluding diaryl/α,β-unsaturated/α-hetero) is 1. The van der Waals surface area contributed by atoms with Gasteiger partial charge in [-0.2, -0.15) is 0 Å². The Kier molecular flexibility index (Phi) is 19.5. The van der Waals surface area contributed by atoms with E-state index in [0.29, 0.717) is 17.3 Å². The number of halogens is 1. The van der Waals surface area contributed by atoms with Crippen molar-refractivity contribution in [3.05, 3.63) is 0 Å². The zero-order valence-electron chi connectivity index (χ0n) is 21.6. The van der Waals surface area contributed by atoms with Crippen molar-refractivity contribution in [3.63, 3.8) is 0 Å². The molecule has 0 radical (unpaired) electrons. The monoisotopic (exact) mass is 513 g/mol. The molecule has 0 aliphatic heterocycles. The molecule has 3 atom stereocenters. The highest BCUT2D eigenvalue weighted by atomic mass is 31.2. The third kappa shape index (κ3) is 20.9. The Balaban J connectivity index is 4.10. The van der Waals surface area contributed by atoms with Crippen molar-refractivity contribution in [1.29, 1.82) is 0 Å². The van der Waals surface area contributed by atoms with Crippen molar-refractivity contribution >= 4 is 13.6 Å². The van der Waals surface area contributed by atoms with E-state index in [1.165, 1.54) is 38.5 Å². The van der Waals surface area contributed by atoms with Gasteiger partial charge in [0.25, 0.3) is 7.82 Å². The third-order valence-corrected chi connectivity index (χ3v) is 6.50. The number of nitrogens with zero attached hydrogens (tertiary/aromatic N) is 1. The first kappa shape index (κ1) is 33.6. The van der Waals surface area contributed by atoms with Crippen molar-refractivity contribution in [2.45, 2.75) is 102 Å². The van der Waals surface area contributed by atoms with E-state index < -0.39 is 33.2 Å². The minimum absolute atomic E-state index is 0.173. The molecular weight excluding hydrogens is 464 g/mol. The Bertz CT molecular complexity index is 560. The Morgan fingerprint density at radius 3 is 1.76 bits per heavy atom. The van der Waals surface area contributed by atoms with Gasteiger partial charge in [-0.15, -0.1) is 0 Å². The van der Waals surface area contributed by atoms with Crippen LogP contribution in [0.3, 0.4) is 0 Å². The van der Waals surface area contributed by atoms with Crippen LogP contribution in [0.15, 0.2) is 0 Å². The fraction of sp³-hybridized carbons (Fsp3) is 0.958. The Morgan fingerprint density at radius 1 is 0.912 bits per heavy atom. The van der Waals surface area contributed by atoms with Crippen LogP contribution in [0.2, 0.25) is 0 Å². The number of rotatable bonds is 24. The van der Waals surface area contributed by atoms with E-state index in [-0.39, 0.29) is 25.4 Å². The summed E-state index contributed by atoms with van der Waals surface area (Å²) < 4.78 is 34.1. The maximum atomic E-state index is 12.7. The average molecular weight is 514 g/mol. The lowest BCUT2D eigenvalue weighted by Gasteiger charge is -2.32. The summed E-state index contributed by atoms with van der Waals surface area (Å²) in [5.74, 6) is -0.276. The number of hydrogen-bond donors (Lipinski definition) is 2. The zero-order chi connectivity index (χ0) is 25.9. The minimum Gasteiger partial charge on any atom is -0.756 e. The highest BCUT2D eigenvalue weighted by molar-refractivity contribution is 7.45. The molecule has 8 nitrogen and oxygen atoms in total. The Labute approximate surface area is 206 Å². The lowest BCUT2D eigenvalue weighted by atomic mass is 10.0. The highest BCUT2D eigenvalue weighted by Crippen LogP contribution is 2.40. The number of hydrogen-bond acceptors (Lipinski definition) is 7. The van der Waals surface area contributed by atoms with Crippen LogP contribution in [-0.4, -0.2) is 80.3 Å². The van der Waals surface area contributed by atoms with E-state index in [9.17, 15) is 23.7 Å². The third-order valence-electron chi connectivity index (χ3n) is 5.52. The summed E-state index contributed by atoms with van der Waals surface area (Å²) >= 11 is 0. The molecule has 0 amide bonds. The summed E-state index contributed by atoms with van der Waals surface area (Å²) in [6.45, 7) is -1.28. The van der Waals surface area contributed by atoms with E-state index in [2.05, 4.69) is 4.52 Å². The summed E-state index contributed by atoms with van der Waals surface area (Å²) in [6.07, 6.45) is 11.6. The van der Waals surface area contributed by atoms with Gasteiger partial charge in [-0.1, -0.05) is 70.6 Å². The highest BCUT2D eigenvalue weighted by Gasteiger charge is 2.30. The molecular formula is C24H49FNO7P. The fourth-order valence-electron chi connectivity index (χ4n) is 3.61. The molecule has 2 unspecified atom stereocenters. The molecule has 10 heteroatoms. The number of phosphoric acid groups is 1. The fourth-order valence-corrected chi connectivity index (χ4v) is 4.52. The molecule has 204 valence electrons. The molecule has 0 saturated heterocycles. The average Bonchev–Trinajstić information content (AvgIpc) is 2.76. The van der Waals surface area contributed by atoms with Crippen LogP contribution < -0.4 is 4.89 Å². The predicted molar refractivity (Wildman–Crippen MR) is 130 cm³/mol. The number of carbonyl (C=O) groups excluding carboxylic acids is 1. The largest absolute Gasteiger partial charge is 0.756 e. The van der Waals surface area contributed by atoms with Crippen LogP contribution in [0.4, 0.5) is 4.39 Å². The number of alkyl halides is 1. The van der Waals surface area contributed by atoms with Crippen molar-refractivity contribution in [2.24, 2.45) is 0 Å². The van der Waals surface area contributed by atoms with Gasteiger partial charge in [0.2, 0.25) is 0 Å². The number of ketones is 1. The Hall–Kier alpha value is -0.410. The van der Waals surface area contributed by atoms with E-state index in [1.807, 2.05) is 21.1 Å². The number of quaternary nitrogens is 1. The molecule has 0 bridgehead atoms. The minimum atomic E-state index is -4.80. The first-order valence-electron chi connectivity index (χ1n) is 12.8. The first-order valence-corrected chi connectivity index (χ1v) is 14.3. The van der Waals surface area contributed by atoms with Crippen molar-refractivity contribution in [2.75, 3.05) is 47.6 Å². The van der Waals surface area contributed by atoms with Crippen LogP contribution in [0.5, 0.6) is 0 Å². The van der Waals surface area contributed by atoms with Gasteiger partial charge in [0, 0.05) is 6.42 Å². The van der Waals surface area contributed by atoms with Crippen molar-refractivity contribution in [1.82, 2.24) is 0 Å². The molecule has 0 heterocycles. The summed E-state index contributed by atoms with van der Waals surface area (Å²) in [7, 11) is 0.712. The van der Waals surface area contributed by atoms with Crippen molar-refractivity contribution in [3.8, 4) is 0 Å². The van der Waals surface area contributed by atoms with E-state index in [1.54, 1.807) is 0 Å². The molecule has 0 spiro atoms. The summed E-state index contributed by atoms with van der Waals surface area (Å²) in [5, 5.41) is 18.1. The Morgan fingerprint density at radius 2 is 1.35 bits per heavy atom.